The second kappa shape index (κ2) is 12.5. The number of aromatic nitrogens is 6. The van der Waals surface area contributed by atoms with E-state index in [4.69, 9.17) is 9.47 Å². The zero-order valence-corrected chi connectivity index (χ0v) is 22.2. The molecule has 5 rings (SSSR count). The van der Waals surface area contributed by atoms with Crippen molar-refractivity contribution in [1.82, 2.24) is 45.7 Å². The van der Waals surface area contributed by atoms with Gasteiger partial charge in [-0.15, -0.1) is 5.10 Å². The number of hydrogen-bond donors (Lipinski definition) is 2. The molecule has 14 heteroatoms. The van der Waals surface area contributed by atoms with E-state index < -0.39 is 18.0 Å². The molecule has 1 aromatic carbocycles. The Labute approximate surface area is 230 Å². The van der Waals surface area contributed by atoms with Crippen LogP contribution in [0.3, 0.4) is 0 Å². The molecule has 40 heavy (non-hydrogen) atoms. The first-order valence-corrected chi connectivity index (χ1v) is 13.3. The minimum absolute atomic E-state index is 0.0337. The van der Waals surface area contributed by atoms with Gasteiger partial charge in [0.15, 0.2) is 11.6 Å². The van der Waals surface area contributed by atoms with Gasteiger partial charge in [0, 0.05) is 44.2 Å². The molecular formula is C26H31N9O5. The summed E-state index contributed by atoms with van der Waals surface area (Å²) in [6.07, 6.45) is 3.65. The molecule has 2 aliphatic rings. The number of ether oxygens (including phenoxy) is 2. The van der Waals surface area contributed by atoms with Gasteiger partial charge in [0.05, 0.1) is 7.11 Å². The van der Waals surface area contributed by atoms with Crippen LogP contribution in [0.4, 0.5) is 4.79 Å². The molecule has 3 aromatic rings. The van der Waals surface area contributed by atoms with Gasteiger partial charge in [-0.25, -0.2) is 14.9 Å². The fourth-order valence-corrected chi connectivity index (χ4v) is 4.84. The molecule has 1 aliphatic heterocycles. The molecule has 3 amide bonds. The number of tetrazole rings is 1. The number of rotatable bonds is 8. The summed E-state index contributed by atoms with van der Waals surface area (Å²) in [5.41, 5.74) is 0.808. The van der Waals surface area contributed by atoms with Crippen LogP contribution in [-0.2, 0) is 16.0 Å². The molecular weight excluding hydrogens is 518 g/mol. The van der Waals surface area contributed by atoms with Gasteiger partial charge < -0.3 is 24.6 Å². The molecule has 1 atom stereocenters. The van der Waals surface area contributed by atoms with Gasteiger partial charge in [-0.1, -0.05) is 30.3 Å². The minimum atomic E-state index is -0.985. The zero-order valence-electron chi connectivity index (χ0n) is 22.2. The molecule has 14 nitrogen and oxygen atoms in total. The van der Waals surface area contributed by atoms with Crippen molar-refractivity contribution in [2.75, 3.05) is 33.3 Å². The lowest BCUT2D eigenvalue weighted by Crippen LogP contribution is -2.56. The quantitative estimate of drug-likeness (QED) is 0.417. The molecule has 210 valence electrons. The van der Waals surface area contributed by atoms with E-state index in [1.807, 2.05) is 30.3 Å². The Morgan fingerprint density at radius 3 is 2.45 bits per heavy atom. The minimum Gasteiger partial charge on any atom is -0.474 e. The van der Waals surface area contributed by atoms with Crippen molar-refractivity contribution < 1.29 is 23.9 Å². The second-order valence-corrected chi connectivity index (χ2v) is 9.67. The Morgan fingerprint density at radius 1 is 1.05 bits per heavy atom. The normalized spacial score (nSPS) is 16.4. The number of carbonyl (C=O) groups is 3. The molecule has 2 N–H and O–H groups in total. The molecule has 0 spiro atoms. The zero-order chi connectivity index (χ0) is 27.9. The SMILES string of the molecule is COC(=O)N1CCN(C(=O)[C@H](Cc2nnn[nH]2)NC(=O)c2cc(OC3CCCC3)nc(-c3ccccc3)n2)CC1. The van der Waals surface area contributed by atoms with E-state index in [1.165, 1.54) is 18.1 Å². The number of benzene rings is 1. The summed E-state index contributed by atoms with van der Waals surface area (Å²) < 4.78 is 10.9. The van der Waals surface area contributed by atoms with Crippen molar-refractivity contribution in [1.29, 1.82) is 0 Å². The van der Waals surface area contributed by atoms with Gasteiger partial charge in [0.1, 0.15) is 17.8 Å². The number of piperazine rings is 1. The van der Waals surface area contributed by atoms with Crippen molar-refractivity contribution in [2.24, 2.45) is 0 Å². The lowest BCUT2D eigenvalue weighted by Gasteiger charge is -2.35. The van der Waals surface area contributed by atoms with Crippen LogP contribution in [0.5, 0.6) is 5.88 Å². The largest absolute Gasteiger partial charge is 0.474 e. The number of hydrogen-bond acceptors (Lipinski definition) is 10. The number of methoxy groups -OCH3 is 1. The highest BCUT2D eigenvalue weighted by atomic mass is 16.5. The Kier molecular flexibility index (Phi) is 8.42. The Morgan fingerprint density at radius 2 is 1.77 bits per heavy atom. The highest BCUT2D eigenvalue weighted by Gasteiger charge is 2.32. The number of aromatic amines is 1. The Bertz CT molecular complexity index is 1310. The van der Waals surface area contributed by atoms with Gasteiger partial charge in [-0.05, 0) is 36.1 Å². The van der Waals surface area contributed by atoms with Gasteiger partial charge in [-0.2, -0.15) is 4.98 Å². The molecule has 3 heterocycles. The molecule has 2 aromatic heterocycles. The average molecular weight is 550 g/mol. The smallest absolute Gasteiger partial charge is 0.409 e. The molecule has 1 aliphatic carbocycles. The number of carbonyl (C=O) groups excluding carboxylic acids is 3. The van der Waals surface area contributed by atoms with Crippen molar-refractivity contribution in [3.63, 3.8) is 0 Å². The second-order valence-electron chi connectivity index (χ2n) is 9.67. The number of nitrogens with one attached hydrogen (secondary N) is 2. The highest BCUT2D eigenvalue weighted by molar-refractivity contribution is 5.96. The van der Waals surface area contributed by atoms with Crippen LogP contribution in [0, 0.1) is 0 Å². The van der Waals surface area contributed by atoms with E-state index in [9.17, 15) is 14.4 Å². The lowest BCUT2D eigenvalue weighted by molar-refractivity contribution is -0.134. The van der Waals surface area contributed by atoms with Gasteiger partial charge in [0.25, 0.3) is 5.91 Å². The van der Waals surface area contributed by atoms with E-state index in [1.54, 1.807) is 4.90 Å². The number of H-pyrrole nitrogens is 1. The summed E-state index contributed by atoms with van der Waals surface area (Å²) in [4.78, 5) is 51.2. The highest BCUT2D eigenvalue weighted by Crippen LogP contribution is 2.25. The summed E-state index contributed by atoms with van der Waals surface area (Å²) in [5.74, 6) is 0.114. The molecule has 0 radical (unpaired) electrons. The molecule has 1 saturated heterocycles. The van der Waals surface area contributed by atoms with Crippen LogP contribution in [0.15, 0.2) is 36.4 Å². The van der Waals surface area contributed by atoms with E-state index >= 15 is 0 Å². The lowest BCUT2D eigenvalue weighted by atomic mass is 10.1. The van der Waals surface area contributed by atoms with Gasteiger partial charge in [0.2, 0.25) is 11.8 Å². The number of nitrogens with zero attached hydrogens (tertiary/aromatic N) is 7. The van der Waals surface area contributed by atoms with Crippen LogP contribution in [0.2, 0.25) is 0 Å². The summed E-state index contributed by atoms with van der Waals surface area (Å²) in [7, 11) is 1.32. The Balaban J connectivity index is 1.37. The molecule has 2 fully saturated rings. The molecule has 0 unspecified atom stereocenters. The first kappa shape index (κ1) is 27.0. The first-order chi connectivity index (χ1) is 19.5. The monoisotopic (exact) mass is 549 g/mol. The average Bonchev–Trinajstić information content (AvgIpc) is 3.71. The van der Waals surface area contributed by atoms with E-state index in [0.29, 0.717) is 43.7 Å². The summed E-state index contributed by atoms with van der Waals surface area (Å²) in [6.45, 7) is 1.22. The van der Waals surface area contributed by atoms with Gasteiger partial charge in [-0.3, -0.25) is 9.59 Å². The fourth-order valence-electron chi connectivity index (χ4n) is 4.84. The maximum atomic E-state index is 13.6. The van der Waals surface area contributed by atoms with E-state index in [-0.39, 0.29) is 24.1 Å². The van der Waals surface area contributed by atoms with Gasteiger partial charge >= 0.3 is 6.09 Å². The standard InChI is InChI=1S/C26H31N9O5/c1-39-26(38)35-13-11-34(12-14-35)25(37)20(15-21-30-32-33-31-21)28-24(36)19-16-22(40-18-9-5-6-10-18)29-23(27-19)17-7-3-2-4-8-17/h2-4,7-8,16,18,20H,5-6,9-15H2,1H3,(H,28,36)(H,30,31,32,33)/t20-/m0/s1. The fraction of sp³-hybridized carbons (Fsp3) is 0.462. The third-order valence-electron chi connectivity index (χ3n) is 6.97. The number of amides is 3. The van der Waals surface area contributed by atoms with Crippen molar-refractivity contribution in [3.05, 3.63) is 47.9 Å². The predicted octanol–water partition coefficient (Wildman–Crippen LogP) is 1.23. The summed E-state index contributed by atoms with van der Waals surface area (Å²) in [6, 6.07) is 9.84. The summed E-state index contributed by atoms with van der Waals surface area (Å²) in [5, 5.41) is 16.5. The Hall–Kier alpha value is -4.62. The maximum absolute atomic E-state index is 13.6. The molecule has 1 saturated carbocycles. The van der Waals surface area contributed by atoms with E-state index in [0.717, 1.165) is 31.2 Å². The predicted molar refractivity (Wildman–Crippen MR) is 140 cm³/mol. The van der Waals surface area contributed by atoms with Crippen molar-refractivity contribution in [3.8, 4) is 17.3 Å². The third kappa shape index (κ3) is 6.50. The van der Waals surface area contributed by atoms with Crippen LogP contribution in [0.25, 0.3) is 11.4 Å². The van der Waals surface area contributed by atoms with Crippen LogP contribution in [-0.4, -0.2) is 104 Å². The van der Waals surface area contributed by atoms with Crippen LogP contribution in [0.1, 0.15) is 42.0 Å². The third-order valence-corrected chi connectivity index (χ3v) is 6.97. The molecule has 0 bridgehead atoms. The maximum Gasteiger partial charge on any atom is 0.409 e. The first-order valence-electron chi connectivity index (χ1n) is 13.3. The topological polar surface area (TPSA) is 168 Å². The van der Waals surface area contributed by atoms with Crippen LogP contribution >= 0.6 is 0 Å². The van der Waals surface area contributed by atoms with E-state index in [2.05, 4.69) is 35.9 Å². The van der Waals surface area contributed by atoms with Crippen molar-refractivity contribution >= 4 is 17.9 Å². The summed E-state index contributed by atoms with van der Waals surface area (Å²) >= 11 is 0. The van der Waals surface area contributed by atoms with Crippen LogP contribution < -0.4 is 10.1 Å². The van der Waals surface area contributed by atoms with Crippen molar-refractivity contribution in [2.45, 2.75) is 44.2 Å².